The lowest BCUT2D eigenvalue weighted by atomic mass is 10.1. The lowest BCUT2D eigenvalue weighted by Crippen LogP contribution is -2.32. The Hall–Kier alpha value is -1.82. The minimum atomic E-state index is -0.302. The van der Waals surface area contributed by atoms with Crippen molar-refractivity contribution in [1.29, 1.82) is 0 Å². The van der Waals surface area contributed by atoms with Gasteiger partial charge >= 0.3 is 0 Å². The van der Waals surface area contributed by atoms with E-state index in [0.29, 0.717) is 35.1 Å². The number of para-hydroxylation sites is 1. The molecule has 1 atom stereocenters. The number of nitrogens with one attached hydrogen (secondary N) is 1. The van der Waals surface area contributed by atoms with Gasteiger partial charge in [-0.25, -0.2) is 4.98 Å². The van der Waals surface area contributed by atoms with Crippen molar-refractivity contribution in [3.63, 3.8) is 0 Å². The lowest BCUT2D eigenvalue weighted by molar-refractivity contribution is -0.120. The van der Waals surface area contributed by atoms with E-state index < -0.39 is 0 Å². The molecule has 1 heterocycles. The maximum atomic E-state index is 12.8. The van der Waals surface area contributed by atoms with Gasteiger partial charge in [-0.3, -0.25) is 14.2 Å². The number of hydrogen-bond acceptors (Lipinski definition) is 4. The molecule has 6 heteroatoms. The molecule has 0 saturated heterocycles. The molecular formula is C18H25N3O2S. The van der Waals surface area contributed by atoms with Gasteiger partial charge in [-0.15, -0.1) is 0 Å². The Labute approximate surface area is 146 Å². The molecule has 0 aliphatic heterocycles. The first-order valence-corrected chi connectivity index (χ1v) is 9.26. The minimum Gasteiger partial charge on any atom is -0.355 e. The van der Waals surface area contributed by atoms with Crippen LogP contribution in [0, 0.1) is 5.92 Å². The highest BCUT2D eigenvalue weighted by Gasteiger charge is 2.19. The molecular weight excluding hydrogens is 322 g/mol. The van der Waals surface area contributed by atoms with Gasteiger partial charge in [-0.05, 0) is 38.3 Å². The molecule has 0 fully saturated rings. The molecule has 1 amide bonds. The van der Waals surface area contributed by atoms with Crippen molar-refractivity contribution in [2.24, 2.45) is 5.92 Å². The number of hydrogen-bond donors (Lipinski definition) is 1. The van der Waals surface area contributed by atoms with E-state index >= 15 is 0 Å². The van der Waals surface area contributed by atoms with Crippen LogP contribution in [0.2, 0.25) is 0 Å². The van der Waals surface area contributed by atoms with E-state index in [1.165, 1.54) is 11.8 Å². The third kappa shape index (κ3) is 4.38. The van der Waals surface area contributed by atoms with Crippen molar-refractivity contribution in [1.82, 2.24) is 14.9 Å². The maximum Gasteiger partial charge on any atom is 0.262 e. The number of aromatic nitrogens is 2. The Kier molecular flexibility index (Phi) is 6.43. The zero-order valence-electron chi connectivity index (χ0n) is 14.7. The zero-order chi connectivity index (χ0) is 17.7. The van der Waals surface area contributed by atoms with Crippen LogP contribution in [0.1, 0.15) is 34.1 Å². The number of nitrogens with zero attached hydrogens (tertiary/aromatic N) is 2. The summed E-state index contributed by atoms with van der Waals surface area (Å²) in [7, 11) is 0. The molecule has 1 aromatic carbocycles. The summed E-state index contributed by atoms with van der Waals surface area (Å²) in [5.41, 5.74) is 0.640. The van der Waals surface area contributed by atoms with Crippen LogP contribution < -0.4 is 10.9 Å². The smallest absolute Gasteiger partial charge is 0.262 e. The Morgan fingerprint density at radius 2 is 2.00 bits per heavy atom. The van der Waals surface area contributed by atoms with Gasteiger partial charge in [0.2, 0.25) is 5.91 Å². The quantitative estimate of drug-likeness (QED) is 0.617. The summed E-state index contributed by atoms with van der Waals surface area (Å²) in [6, 6.07) is 7.36. The standard InChI is InChI=1S/C18H25N3O2S/c1-5-19-16(22)13(4)24-18-20-15-9-7-6-8-14(15)17(23)21(18)11-10-12(2)3/h6-9,12-13H,5,10-11H2,1-4H3,(H,19,22)/t13-/m0/s1. The first kappa shape index (κ1) is 18.5. The molecule has 24 heavy (non-hydrogen) atoms. The van der Waals surface area contributed by atoms with Gasteiger partial charge in [0, 0.05) is 13.1 Å². The van der Waals surface area contributed by atoms with Crippen LogP contribution in [-0.2, 0) is 11.3 Å². The number of carbonyl (C=O) groups excluding carboxylic acids is 1. The van der Waals surface area contributed by atoms with Gasteiger partial charge < -0.3 is 5.32 Å². The third-order valence-electron chi connectivity index (χ3n) is 3.76. The summed E-state index contributed by atoms with van der Waals surface area (Å²) in [6.45, 7) is 9.19. The second kappa shape index (κ2) is 8.33. The minimum absolute atomic E-state index is 0.0353. The average Bonchev–Trinajstić information content (AvgIpc) is 2.54. The van der Waals surface area contributed by atoms with Crippen LogP contribution in [0.25, 0.3) is 10.9 Å². The molecule has 0 unspecified atom stereocenters. The molecule has 0 aliphatic carbocycles. The van der Waals surface area contributed by atoms with E-state index in [1.807, 2.05) is 32.0 Å². The fourth-order valence-corrected chi connectivity index (χ4v) is 3.31. The second-order valence-electron chi connectivity index (χ2n) is 6.21. The number of amides is 1. The first-order chi connectivity index (χ1) is 11.4. The fourth-order valence-electron chi connectivity index (χ4n) is 2.35. The van der Waals surface area contributed by atoms with Gasteiger partial charge in [0.05, 0.1) is 16.2 Å². The number of fused-ring (bicyclic) bond motifs is 1. The molecule has 0 aliphatic rings. The van der Waals surface area contributed by atoms with Gasteiger partial charge in [-0.2, -0.15) is 0 Å². The van der Waals surface area contributed by atoms with Crippen molar-refractivity contribution in [2.45, 2.75) is 51.1 Å². The second-order valence-corrected chi connectivity index (χ2v) is 7.51. The predicted octanol–water partition coefficient (Wildman–Crippen LogP) is 3.06. The van der Waals surface area contributed by atoms with E-state index in [0.717, 1.165) is 6.42 Å². The zero-order valence-corrected chi connectivity index (χ0v) is 15.5. The van der Waals surface area contributed by atoms with Crippen LogP contribution in [0.4, 0.5) is 0 Å². The third-order valence-corrected chi connectivity index (χ3v) is 4.85. The van der Waals surface area contributed by atoms with Gasteiger partial charge in [-0.1, -0.05) is 37.7 Å². The molecule has 0 spiro atoms. The molecule has 2 aromatic rings. The predicted molar refractivity (Wildman–Crippen MR) is 99.5 cm³/mol. The molecule has 2 rings (SSSR count). The summed E-state index contributed by atoms with van der Waals surface area (Å²) >= 11 is 1.34. The lowest BCUT2D eigenvalue weighted by Gasteiger charge is -2.16. The van der Waals surface area contributed by atoms with Crippen molar-refractivity contribution in [3.8, 4) is 0 Å². The highest BCUT2D eigenvalue weighted by Crippen LogP contribution is 2.23. The average molecular weight is 347 g/mol. The van der Waals surface area contributed by atoms with E-state index in [1.54, 1.807) is 10.6 Å². The molecule has 1 N–H and O–H groups in total. The summed E-state index contributed by atoms with van der Waals surface area (Å²) in [4.78, 5) is 29.5. The number of rotatable bonds is 7. The first-order valence-electron chi connectivity index (χ1n) is 8.38. The fraction of sp³-hybridized carbons (Fsp3) is 0.500. The molecule has 0 radical (unpaired) electrons. The van der Waals surface area contributed by atoms with Crippen molar-refractivity contribution >= 4 is 28.6 Å². The summed E-state index contributed by atoms with van der Waals surface area (Å²) in [5.74, 6) is 0.447. The van der Waals surface area contributed by atoms with Crippen LogP contribution in [0.15, 0.2) is 34.2 Å². The number of thioether (sulfide) groups is 1. The van der Waals surface area contributed by atoms with Gasteiger partial charge in [0.15, 0.2) is 5.16 Å². The Morgan fingerprint density at radius 3 is 2.67 bits per heavy atom. The Morgan fingerprint density at radius 1 is 1.29 bits per heavy atom. The van der Waals surface area contributed by atoms with Crippen molar-refractivity contribution < 1.29 is 4.79 Å². The molecule has 0 saturated carbocycles. The highest BCUT2D eigenvalue weighted by atomic mass is 32.2. The van der Waals surface area contributed by atoms with Crippen LogP contribution >= 0.6 is 11.8 Å². The molecule has 130 valence electrons. The van der Waals surface area contributed by atoms with Crippen LogP contribution in [-0.4, -0.2) is 27.3 Å². The van der Waals surface area contributed by atoms with E-state index in [9.17, 15) is 9.59 Å². The Bertz CT molecular complexity index is 770. The molecule has 1 aromatic heterocycles. The Balaban J connectivity index is 2.43. The van der Waals surface area contributed by atoms with Gasteiger partial charge in [0.1, 0.15) is 0 Å². The molecule has 0 bridgehead atoms. The van der Waals surface area contributed by atoms with Crippen LogP contribution in [0.5, 0.6) is 0 Å². The number of carbonyl (C=O) groups is 1. The summed E-state index contributed by atoms with van der Waals surface area (Å²) < 4.78 is 1.71. The van der Waals surface area contributed by atoms with Crippen molar-refractivity contribution in [2.75, 3.05) is 6.54 Å². The van der Waals surface area contributed by atoms with Gasteiger partial charge in [0.25, 0.3) is 5.56 Å². The van der Waals surface area contributed by atoms with Crippen LogP contribution in [0.3, 0.4) is 0 Å². The molecule has 5 nitrogen and oxygen atoms in total. The van der Waals surface area contributed by atoms with E-state index in [4.69, 9.17) is 0 Å². The number of benzene rings is 1. The monoisotopic (exact) mass is 347 g/mol. The summed E-state index contributed by atoms with van der Waals surface area (Å²) in [6.07, 6.45) is 0.892. The SMILES string of the molecule is CCNC(=O)[C@H](C)Sc1nc2ccccc2c(=O)n1CCC(C)C. The van der Waals surface area contributed by atoms with Crippen molar-refractivity contribution in [3.05, 3.63) is 34.6 Å². The van der Waals surface area contributed by atoms with E-state index in [-0.39, 0.29) is 16.7 Å². The largest absolute Gasteiger partial charge is 0.355 e. The maximum absolute atomic E-state index is 12.8. The topological polar surface area (TPSA) is 64.0 Å². The summed E-state index contributed by atoms with van der Waals surface area (Å²) in [5, 5.41) is 3.74. The highest BCUT2D eigenvalue weighted by molar-refractivity contribution is 8.00. The normalized spacial score (nSPS) is 12.5. The van der Waals surface area contributed by atoms with E-state index in [2.05, 4.69) is 24.1 Å².